The smallest absolute Gasteiger partial charge is 0.414 e. The minimum absolute atomic E-state index is 0.0725. The lowest BCUT2D eigenvalue weighted by Gasteiger charge is -2.36. The van der Waals surface area contributed by atoms with Crippen molar-refractivity contribution in [3.63, 3.8) is 0 Å². The van der Waals surface area contributed by atoms with Crippen molar-refractivity contribution in [2.24, 2.45) is 4.99 Å². The highest BCUT2D eigenvalue weighted by Crippen LogP contribution is 2.39. The van der Waals surface area contributed by atoms with Gasteiger partial charge in [-0.2, -0.15) is 0 Å². The molecule has 0 bridgehead atoms. The van der Waals surface area contributed by atoms with Crippen LogP contribution in [0.2, 0.25) is 0 Å². The van der Waals surface area contributed by atoms with Crippen LogP contribution >= 0.6 is 0 Å². The van der Waals surface area contributed by atoms with E-state index >= 15 is 0 Å². The summed E-state index contributed by atoms with van der Waals surface area (Å²) in [6.45, 7) is 3.89. The van der Waals surface area contributed by atoms with E-state index in [1.807, 2.05) is 0 Å². The summed E-state index contributed by atoms with van der Waals surface area (Å²) < 4.78 is 6.18. The quantitative estimate of drug-likeness (QED) is 0.643. The number of aliphatic carboxylic acids is 2. The van der Waals surface area contributed by atoms with E-state index in [2.05, 4.69) is 33.4 Å². The minimum Gasteiger partial charge on any atom is -0.478 e. The largest absolute Gasteiger partial charge is 0.478 e. The topological polar surface area (TPSA) is 111 Å². The molecule has 3 aliphatic rings. The van der Waals surface area contributed by atoms with E-state index in [0.717, 1.165) is 37.8 Å². The molecule has 0 aromatic heterocycles. The molecule has 8 heteroatoms. The molecule has 25 heavy (non-hydrogen) atoms. The van der Waals surface area contributed by atoms with E-state index in [1.165, 1.54) is 30.5 Å². The first-order valence-electron chi connectivity index (χ1n) is 8.34. The number of ether oxygens (including phenoxy) is 1. The number of nitrogens with zero attached hydrogens (tertiary/aromatic N) is 2. The first-order valence-corrected chi connectivity index (χ1v) is 8.34. The molecule has 4 rings (SSSR count). The van der Waals surface area contributed by atoms with Gasteiger partial charge in [-0.05, 0) is 30.9 Å². The van der Waals surface area contributed by atoms with Crippen LogP contribution in [-0.4, -0.2) is 60.3 Å². The monoisotopic (exact) mass is 347 g/mol. The van der Waals surface area contributed by atoms with Crippen molar-refractivity contribution in [3.05, 3.63) is 23.8 Å². The van der Waals surface area contributed by atoms with Crippen LogP contribution in [0.25, 0.3) is 0 Å². The molecule has 1 atom stereocenters. The molecule has 1 unspecified atom stereocenters. The molecule has 1 aromatic carbocycles. The number of rotatable bonds is 1. The Kier molecular flexibility index (Phi) is 5.06. The highest BCUT2D eigenvalue weighted by atomic mass is 16.5. The van der Waals surface area contributed by atoms with E-state index in [1.54, 1.807) is 0 Å². The predicted molar refractivity (Wildman–Crippen MR) is 91.6 cm³/mol. The van der Waals surface area contributed by atoms with Crippen LogP contribution in [0.5, 0.6) is 5.75 Å². The van der Waals surface area contributed by atoms with Crippen LogP contribution in [0, 0.1) is 0 Å². The van der Waals surface area contributed by atoms with Crippen molar-refractivity contribution in [1.29, 1.82) is 0 Å². The van der Waals surface area contributed by atoms with Gasteiger partial charge in [-0.15, -0.1) is 0 Å². The van der Waals surface area contributed by atoms with Crippen molar-refractivity contribution in [2.45, 2.75) is 25.4 Å². The van der Waals surface area contributed by atoms with Crippen LogP contribution in [0.4, 0.5) is 5.69 Å². The van der Waals surface area contributed by atoms with Gasteiger partial charge in [0.2, 0.25) is 0 Å². The third-order valence-corrected chi connectivity index (χ3v) is 4.37. The second kappa shape index (κ2) is 7.42. The minimum atomic E-state index is -1.82. The van der Waals surface area contributed by atoms with Gasteiger partial charge in [0.15, 0.2) is 6.10 Å². The summed E-state index contributed by atoms with van der Waals surface area (Å²) in [5.41, 5.74) is 2.77. The van der Waals surface area contributed by atoms with Crippen molar-refractivity contribution >= 4 is 23.5 Å². The standard InChI is InChI=1S/C15H19N3O.C2H2O4/c1-2-9-18-10-13(15-16-7-8-17-15)19-12-6-3-5-11(4-1)14(12)18;3-1(4)2(5)6/h3,5-6,13H,1-2,4,7-10H2,(H,16,17);(H,3,4)(H,5,6). The van der Waals surface area contributed by atoms with Gasteiger partial charge >= 0.3 is 11.9 Å². The predicted octanol–water partition coefficient (Wildman–Crippen LogP) is 0.748. The second-order valence-corrected chi connectivity index (χ2v) is 6.08. The summed E-state index contributed by atoms with van der Waals surface area (Å²) >= 11 is 0. The molecular formula is C17H21N3O5. The number of benzene rings is 1. The maximum atomic E-state index is 9.10. The molecule has 8 nitrogen and oxygen atoms in total. The zero-order valence-corrected chi connectivity index (χ0v) is 13.8. The first-order chi connectivity index (χ1) is 12.1. The lowest BCUT2D eigenvalue weighted by Crippen LogP contribution is -2.48. The second-order valence-electron chi connectivity index (χ2n) is 6.08. The van der Waals surface area contributed by atoms with E-state index in [-0.39, 0.29) is 6.10 Å². The number of carboxylic acid groups (broad SMARTS) is 2. The third kappa shape index (κ3) is 3.84. The Hall–Kier alpha value is -2.77. The number of para-hydroxylation sites is 1. The molecule has 3 heterocycles. The molecular weight excluding hydrogens is 326 g/mol. The Bertz CT molecular complexity index is 692. The number of amidine groups is 1. The number of anilines is 1. The van der Waals surface area contributed by atoms with Crippen LogP contribution in [-0.2, 0) is 16.0 Å². The van der Waals surface area contributed by atoms with Crippen molar-refractivity contribution in [1.82, 2.24) is 5.32 Å². The Morgan fingerprint density at radius 1 is 1.24 bits per heavy atom. The fourth-order valence-corrected chi connectivity index (χ4v) is 3.30. The van der Waals surface area contributed by atoms with Gasteiger partial charge in [0, 0.05) is 13.1 Å². The van der Waals surface area contributed by atoms with Gasteiger partial charge in [-0.25, -0.2) is 9.59 Å². The molecule has 134 valence electrons. The number of hydrogen-bond acceptors (Lipinski definition) is 6. The molecule has 0 amide bonds. The van der Waals surface area contributed by atoms with Crippen LogP contribution in [0.1, 0.15) is 18.4 Å². The zero-order valence-electron chi connectivity index (χ0n) is 13.8. The number of aryl methyl sites for hydroxylation is 1. The number of nitrogens with one attached hydrogen (secondary N) is 1. The SMILES string of the molecule is O=C(O)C(=O)O.c1cc2c3c(c1)OC(C1=NCCN1)CN3CCCC2. The number of carboxylic acids is 2. The summed E-state index contributed by atoms with van der Waals surface area (Å²) in [7, 11) is 0. The van der Waals surface area contributed by atoms with Crippen molar-refractivity contribution in [2.75, 3.05) is 31.1 Å². The van der Waals surface area contributed by atoms with Crippen LogP contribution in [0.3, 0.4) is 0 Å². The highest BCUT2D eigenvalue weighted by Gasteiger charge is 2.32. The fourth-order valence-electron chi connectivity index (χ4n) is 3.30. The van der Waals surface area contributed by atoms with E-state index in [4.69, 9.17) is 24.5 Å². The summed E-state index contributed by atoms with van der Waals surface area (Å²) in [4.78, 5) is 25.2. The molecule has 0 saturated carbocycles. The molecule has 0 spiro atoms. The molecule has 0 saturated heterocycles. The van der Waals surface area contributed by atoms with Crippen LogP contribution < -0.4 is 15.0 Å². The lowest BCUT2D eigenvalue weighted by atomic mass is 10.1. The molecule has 3 N–H and O–H groups in total. The first kappa shape index (κ1) is 17.1. The number of aliphatic imine (C=N–C) groups is 1. The summed E-state index contributed by atoms with van der Waals surface area (Å²) in [6.07, 6.45) is 3.79. The van der Waals surface area contributed by atoms with Gasteiger partial charge in [0.05, 0.1) is 18.8 Å². The summed E-state index contributed by atoms with van der Waals surface area (Å²) in [6, 6.07) is 6.45. The average molecular weight is 347 g/mol. The zero-order chi connectivity index (χ0) is 17.8. The van der Waals surface area contributed by atoms with Gasteiger partial charge < -0.3 is 25.2 Å². The third-order valence-electron chi connectivity index (χ3n) is 4.37. The van der Waals surface area contributed by atoms with Gasteiger partial charge in [0.1, 0.15) is 11.6 Å². The van der Waals surface area contributed by atoms with Gasteiger partial charge in [-0.1, -0.05) is 12.1 Å². The number of hydrogen-bond donors (Lipinski definition) is 3. The Balaban J connectivity index is 0.000000265. The van der Waals surface area contributed by atoms with Crippen molar-refractivity contribution in [3.8, 4) is 5.75 Å². The van der Waals surface area contributed by atoms with E-state index < -0.39 is 11.9 Å². The Morgan fingerprint density at radius 3 is 2.72 bits per heavy atom. The molecule has 0 aliphatic carbocycles. The van der Waals surface area contributed by atoms with Crippen molar-refractivity contribution < 1.29 is 24.5 Å². The number of carbonyl (C=O) groups is 2. The molecule has 3 aliphatic heterocycles. The lowest BCUT2D eigenvalue weighted by molar-refractivity contribution is -0.159. The van der Waals surface area contributed by atoms with Gasteiger partial charge in [0.25, 0.3) is 0 Å². The molecule has 1 aromatic rings. The average Bonchev–Trinajstić information content (AvgIpc) is 3.05. The fraction of sp³-hybridized carbons (Fsp3) is 0.471. The normalized spacial score (nSPS) is 20.7. The summed E-state index contributed by atoms with van der Waals surface area (Å²) in [5.74, 6) is -1.59. The van der Waals surface area contributed by atoms with E-state index in [9.17, 15) is 0 Å². The Morgan fingerprint density at radius 2 is 2.04 bits per heavy atom. The molecule has 0 radical (unpaired) electrons. The van der Waals surface area contributed by atoms with Crippen LogP contribution in [0.15, 0.2) is 23.2 Å². The summed E-state index contributed by atoms with van der Waals surface area (Å²) in [5, 5.41) is 18.1. The Labute approximate surface area is 145 Å². The molecule has 0 fully saturated rings. The maximum Gasteiger partial charge on any atom is 0.414 e. The maximum absolute atomic E-state index is 9.10. The van der Waals surface area contributed by atoms with Gasteiger partial charge in [-0.3, -0.25) is 4.99 Å². The van der Waals surface area contributed by atoms with E-state index in [0.29, 0.717) is 0 Å². The highest BCUT2D eigenvalue weighted by molar-refractivity contribution is 6.27.